The summed E-state index contributed by atoms with van der Waals surface area (Å²) in [6.45, 7) is 0. The number of aromatic nitrogens is 6. The highest BCUT2D eigenvalue weighted by Crippen LogP contribution is 2.12. The first kappa shape index (κ1) is 13.9. The second kappa shape index (κ2) is 5.84. The van der Waals surface area contributed by atoms with Crippen molar-refractivity contribution in [3.63, 3.8) is 0 Å². The lowest BCUT2D eigenvalue weighted by Crippen LogP contribution is -2.21. The van der Waals surface area contributed by atoms with Gasteiger partial charge in [0, 0.05) is 18.0 Å². The molecule has 3 aromatic heterocycles. The van der Waals surface area contributed by atoms with E-state index in [4.69, 9.17) is 0 Å². The summed E-state index contributed by atoms with van der Waals surface area (Å²) in [5.41, 5.74) is 1.56. The molecule has 0 N–H and O–H groups in total. The molecule has 0 amide bonds. The molecule has 0 bridgehead atoms. The highest BCUT2D eigenvalue weighted by molar-refractivity contribution is 5.79. The van der Waals surface area contributed by atoms with E-state index in [1.54, 1.807) is 23.1 Å². The largest absolute Gasteiger partial charge is 0.302 e. The number of para-hydroxylation sites is 1. The minimum Gasteiger partial charge on any atom is -0.265 e. The average molecular weight is 317 g/mol. The molecule has 4 rings (SSSR count). The van der Waals surface area contributed by atoms with Crippen molar-refractivity contribution in [1.29, 1.82) is 0 Å². The Hall–Kier alpha value is -3.68. The molecule has 0 saturated heterocycles. The fourth-order valence-electron chi connectivity index (χ4n) is 2.23. The van der Waals surface area contributed by atoms with Crippen molar-refractivity contribution >= 4 is 17.2 Å². The van der Waals surface area contributed by atoms with Crippen LogP contribution in [0.2, 0.25) is 0 Å². The first-order chi connectivity index (χ1) is 11.8. The van der Waals surface area contributed by atoms with Crippen LogP contribution in [0.5, 0.6) is 0 Å². The third-order valence-electron chi connectivity index (χ3n) is 3.38. The molecule has 0 spiro atoms. The zero-order valence-electron chi connectivity index (χ0n) is 12.4. The van der Waals surface area contributed by atoms with Gasteiger partial charge in [0.1, 0.15) is 5.39 Å². The van der Waals surface area contributed by atoms with Crippen LogP contribution in [0.3, 0.4) is 0 Å². The number of benzene rings is 1. The molecule has 0 aliphatic carbocycles. The highest BCUT2D eigenvalue weighted by atomic mass is 16.1. The van der Waals surface area contributed by atoms with Crippen molar-refractivity contribution in [3.05, 3.63) is 77.0 Å². The molecule has 0 unspecified atom stereocenters. The summed E-state index contributed by atoms with van der Waals surface area (Å²) in [5, 5.41) is 16.5. The first-order valence-corrected chi connectivity index (χ1v) is 7.16. The van der Waals surface area contributed by atoms with Gasteiger partial charge in [-0.3, -0.25) is 9.78 Å². The second-order valence-corrected chi connectivity index (χ2v) is 4.94. The zero-order chi connectivity index (χ0) is 16.4. The molecule has 116 valence electrons. The van der Waals surface area contributed by atoms with E-state index in [-0.39, 0.29) is 5.56 Å². The standard InChI is InChI=1S/C16H11N7O/c24-16-14-11-18-22(13-6-2-1-3-7-13)15(14)20-21-23(16)19-10-12-5-4-8-17-9-12/h1-11H. The Morgan fingerprint density at radius 2 is 1.92 bits per heavy atom. The molecule has 0 fully saturated rings. The maximum atomic E-state index is 12.5. The van der Waals surface area contributed by atoms with Crippen LogP contribution >= 0.6 is 0 Å². The molecular weight excluding hydrogens is 306 g/mol. The first-order valence-electron chi connectivity index (χ1n) is 7.16. The Balaban J connectivity index is 1.77. The molecule has 0 radical (unpaired) electrons. The third-order valence-corrected chi connectivity index (χ3v) is 3.38. The molecule has 0 aliphatic rings. The molecule has 8 nitrogen and oxygen atoms in total. The van der Waals surface area contributed by atoms with Gasteiger partial charge < -0.3 is 0 Å². The van der Waals surface area contributed by atoms with E-state index >= 15 is 0 Å². The molecule has 0 saturated carbocycles. The van der Waals surface area contributed by atoms with Crippen molar-refractivity contribution in [2.45, 2.75) is 0 Å². The lowest BCUT2D eigenvalue weighted by molar-refractivity contribution is 0.636. The van der Waals surface area contributed by atoms with E-state index in [0.717, 1.165) is 16.0 Å². The van der Waals surface area contributed by atoms with Crippen molar-refractivity contribution in [1.82, 2.24) is 29.9 Å². The molecule has 4 aromatic rings. The summed E-state index contributed by atoms with van der Waals surface area (Å²) in [6.07, 6.45) is 6.26. The Kier molecular flexibility index (Phi) is 3.39. The summed E-state index contributed by atoms with van der Waals surface area (Å²) in [4.78, 5) is 17.4. The third kappa shape index (κ3) is 2.45. The SMILES string of the molecule is O=c1c2cnn(-c3ccccc3)c2nnn1N=Cc1cccnc1. The van der Waals surface area contributed by atoms with Gasteiger partial charge in [-0.1, -0.05) is 29.1 Å². The number of pyridine rings is 1. The fourth-order valence-corrected chi connectivity index (χ4v) is 2.23. The van der Waals surface area contributed by atoms with Gasteiger partial charge in [0.15, 0.2) is 5.65 Å². The average Bonchev–Trinajstić information content (AvgIpc) is 3.08. The second-order valence-electron chi connectivity index (χ2n) is 4.94. The molecule has 3 heterocycles. The van der Waals surface area contributed by atoms with Gasteiger partial charge in [-0.2, -0.15) is 10.2 Å². The molecule has 0 aliphatic heterocycles. The van der Waals surface area contributed by atoms with E-state index in [1.807, 2.05) is 36.4 Å². The summed E-state index contributed by atoms with van der Waals surface area (Å²) in [6, 6.07) is 13.0. The van der Waals surface area contributed by atoms with E-state index < -0.39 is 0 Å². The van der Waals surface area contributed by atoms with E-state index in [2.05, 4.69) is 25.5 Å². The van der Waals surface area contributed by atoms with Crippen LogP contribution in [0, 0.1) is 0 Å². The van der Waals surface area contributed by atoms with Gasteiger partial charge >= 0.3 is 5.56 Å². The number of hydrogen-bond donors (Lipinski definition) is 0. The number of hydrogen-bond acceptors (Lipinski definition) is 6. The smallest absolute Gasteiger partial charge is 0.265 e. The Bertz CT molecular complexity index is 1070. The van der Waals surface area contributed by atoms with Gasteiger partial charge in [0.05, 0.1) is 18.1 Å². The van der Waals surface area contributed by atoms with Crippen LogP contribution in [0.25, 0.3) is 16.7 Å². The van der Waals surface area contributed by atoms with Crippen LogP contribution < -0.4 is 5.56 Å². The lowest BCUT2D eigenvalue weighted by Gasteiger charge is -2.01. The van der Waals surface area contributed by atoms with E-state index in [1.165, 1.54) is 12.4 Å². The topological polar surface area (TPSA) is 90.8 Å². The Morgan fingerprint density at radius 1 is 1.04 bits per heavy atom. The molecule has 1 aromatic carbocycles. The minimum atomic E-state index is -0.387. The quantitative estimate of drug-likeness (QED) is 0.530. The molecular formula is C16H11N7O. The van der Waals surface area contributed by atoms with Crippen molar-refractivity contribution in [2.24, 2.45) is 5.10 Å². The van der Waals surface area contributed by atoms with Gasteiger partial charge in [-0.25, -0.2) is 4.68 Å². The summed E-state index contributed by atoms with van der Waals surface area (Å²) in [7, 11) is 0. The van der Waals surface area contributed by atoms with Gasteiger partial charge in [0.2, 0.25) is 0 Å². The highest BCUT2D eigenvalue weighted by Gasteiger charge is 2.12. The predicted octanol–water partition coefficient (Wildman–Crippen LogP) is 1.25. The van der Waals surface area contributed by atoms with Crippen LogP contribution in [-0.4, -0.2) is 36.1 Å². The summed E-state index contributed by atoms with van der Waals surface area (Å²) >= 11 is 0. The fraction of sp³-hybridized carbons (Fsp3) is 0. The zero-order valence-corrected chi connectivity index (χ0v) is 12.4. The van der Waals surface area contributed by atoms with Gasteiger partial charge in [-0.05, 0) is 23.4 Å². The van der Waals surface area contributed by atoms with Gasteiger partial charge in [0.25, 0.3) is 0 Å². The molecule has 24 heavy (non-hydrogen) atoms. The normalized spacial score (nSPS) is 11.3. The van der Waals surface area contributed by atoms with E-state index in [9.17, 15) is 4.79 Å². The van der Waals surface area contributed by atoms with Crippen molar-refractivity contribution in [3.8, 4) is 5.69 Å². The van der Waals surface area contributed by atoms with Crippen LogP contribution in [0.1, 0.15) is 5.56 Å². The van der Waals surface area contributed by atoms with Crippen LogP contribution in [0.4, 0.5) is 0 Å². The van der Waals surface area contributed by atoms with Crippen LogP contribution in [0.15, 0.2) is 71.0 Å². The minimum absolute atomic E-state index is 0.345. The lowest BCUT2D eigenvalue weighted by atomic mass is 10.3. The molecule has 8 heteroatoms. The summed E-state index contributed by atoms with van der Waals surface area (Å²) in [5.74, 6) is 0. The van der Waals surface area contributed by atoms with E-state index in [0.29, 0.717) is 11.0 Å². The Morgan fingerprint density at radius 3 is 2.71 bits per heavy atom. The van der Waals surface area contributed by atoms with Gasteiger partial charge in [-0.15, -0.1) is 5.10 Å². The monoisotopic (exact) mass is 317 g/mol. The van der Waals surface area contributed by atoms with Crippen LogP contribution in [-0.2, 0) is 0 Å². The maximum Gasteiger partial charge on any atom is 0.302 e. The number of rotatable bonds is 3. The number of nitrogens with zero attached hydrogens (tertiary/aromatic N) is 7. The maximum absolute atomic E-state index is 12.5. The molecule has 0 atom stereocenters. The van der Waals surface area contributed by atoms with Crippen molar-refractivity contribution < 1.29 is 0 Å². The number of fused-ring (bicyclic) bond motifs is 1. The predicted molar refractivity (Wildman–Crippen MR) is 88.1 cm³/mol. The summed E-state index contributed by atoms with van der Waals surface area (Å²) < 4.78 is 1.57. The Labute approximate surface area is 135 Å². The van der Waals surface area contributed by atoms with Crippen molar-refractivity contribution in [2.75, 3.05) is 0 Å².